The number of benzene rings is 4. The number of carbonyl (C=O) groups is 2. The van der Waals surface area contributed by atoms with Crippen LogP contribution in [0.1, 0.15) is 36.8 Å². The third kappa shape index (κ3) is 7.31. The average molecular weight is 665 g/mol. The van der Waals surface area contributed by atoms with Crippen molar-refractivity contribution < 1.29 is 9.59 Å². The number of carbonyl (C=O) groups excluding carboxylic acids is 2. The van der Waals surface area contributed by atoms with E-state index in [9.17, 15) is 9.59 Å². The van der Waals surface area contributed by atoms with Gasteiger partial charge in [-0.3, -0.25) is 19.4 Å². The minimum atomic E-state index is 0.259. The number of hydrogen-bond donors (Lipinski definition) is 0. The van der Waals surface area contributed by atoms with Crippen molar-refractivity contribution in [1.82, 2.24) is 39.8 Å². The van der Waals surface area contributed by atoms with Crippen LogP contribution in [-0.4, -0.2) is 90.6 Å². The monoisotopic (exact) mass is 664 g/mol. The zero-order valence-electron chi connectivity index (χ0n) is 28.1. The molecule has 0 radical (unpaired) electrons. The quantitative estimate of drug-likeness (QED) is 0.163. The summed E-state index contributed by atoms with van der Waals surface area (Å²) < 4.78 is 3.53. The number of ketones is 2. The van der Waals surface area contributed by atoms with Crippen LogP contribution in [0.4, 0.5) is 0 Å². The normalized spacial score (nSPS) is 15.3. The summed E-state index contributed by atoms with van der Waals surface area (Å²) in [5.41, 5.74) is 7.29. The maximum atomic E-state index is 12.5. The molecule has 2 aromatic heterocycles. The molecule has 0 saturated carbocycles. The number of likely N-dealkylation sites (tertiary alicyclic amines) is 2. The summed E-state index contributed by atoms with van der Waals surface area (Å²) in [6.45, 7) is 5.20. The van der Waals surface area contributed by atoms with Crippen LogP contribution in [0.15, 0.2) is 97.3 Å². The summed E-state index contributed by atoms with van der Waals surface area (Å²) in [5.74, 6) is 0.518. The fourth-order valence-electron chi connectivity index (χ4n) is 7.09. The highest BCUT2D eigenvalue weighted by atomic mass is 16.1. The average Bonchev–Trinajstić information content (AvgIpc) is 3.97. The summed E-state index contributed by atoms with van der Waals surface area (Å²) in [4.78, 5) is 29.5. The molecule has 0 atom stereocenters. The molecule has 10 heteroatoms. The first-order valence-electron chi connectivity index (χ1n) is 17.6. The van der Waals surface area contributed by atoms with Gasteiger partial charge in [0.2, 0.25) is 0 Å². The van der Waals surface area contributed by atoms with Gasteiger partial charge in [0.25, 0.3) is 0 Å². The van der Waals surface area contributed by atoms with Crippen molar-refractivity contribution >= 4 is 22.3 Å². The second-order valence-electron chi connectivity index (χ2n) is 13.6. The highest BCUT2D eigenvalue weighted by Gasteiger charge is 2.17. The van der Waals surface area contributed by atoms with Crippen LogP contribution in [-0.2, 0) is 22.4 Å². The van der Waals surface area contributed by atoms with Crippen LogP contribution in [0.3, 0.4) is 0 Å². The van der Waals surface area contributed by atoms with Gasteiger partial charge in [0.15, 0.2) is 11.6 Å². The molecule has 2 saturated heterocycles. The molecule has 252 valence electrons. The zero-order chi connectivity index (χ0) is 33.9. The van der Waals surface area contributed by atoms with Gasteiger partial charge in [-0.05, 0) is 110 Å². The van der Waals surface area contributed by atoms with E-state index in [1.165, 1.54) is 25.7 Å². The van der Waals surface area contributed by atoms with Crippen LogP contribution in [0.2, 0.25) is 0 Å². The number of aromatic nitrogens is 6. The van der Waals surface area contributed by atoms with Gasteiger partial charge in [0, 0.05) is 24.0 Å². The van der Waals surface area contributed by atoms with Crippen LogP contribution >= 0.6 is 0 Å². The van der Waals surface area contributed by atoms with Crippen molar-refractivity contribution in [3.63, 3.8) is 0 Å². The maximum absolute atomic E-state index is 12.5. The minimum Gasteiger partial charge on any atom is -0.298 e. The summed E-state index contributed by atoms with van der Waals surface area (Å²) in [6.07, 6.45) is 9.51. The molecule has 0 amide bonds. The van der Waals surface area contributed by atoms with Crippen molar-refractivity contribution in [2.24, 2.45) is 0 Å². The van der Waals surface area contributed by atoms with Gasteiger partial charge in [-0.25, -0.2) is 9.36 Å². The Bertz CT molecular complexity index is 1970. The Hall–Kier alpha value is -5.32. The molecule has 0 aliphatic carbocycles. The Morgan fingerprint density at radius 1 is 0.520 bits per heavy atom. The van der Waals surface area contributed by atoms with E-state index in [0.29, 0.717) is 25.9 Å². The highest BCUT2D eigenvalue weighted by molar-refractivity contribution is 5.90. The maximum Gasteiger partial charge on any atom is 0.151 e. The number of rotatable bonds is 12. The summed E-state index contributed by atoms with van der Waals surface area (Å²) >= 11 is 0. The van der Waals surface area contributed by atoms with Gasteiger partial charge < -0.3 is 0 Å². The van der Waals surface area contributed by atoms with Crippen LogP contribution in [0, 0.1) is 0 Å². The smallest absolute Gasteiger partial charge is 0.151 e. The number of hydrogen-bond acceptors (Lipinski definition) is 8. The van der Waals surface area contributed by atoms with Gasteiger partial charge in [0.1, 0.15) is 11.4 Å². The Balaban J connectivity index is 0.928. The SMILES string of the molecule is O=C(Cc1ccc(-n2cc(-c3ccc4ccc(-c5cn(-c6ccc(CC(=O)CN7CCCC7)cc6)nn5)cc4c3)nn2)cc1)CN1CCCC1. The van der Waals surface area contributed by atoms with Gasteiger partial charge in [-0.15, -0.1) is 10.2 Å². The molecule has 4 heterocycles. The highest BCUT2D eigenvalue weighted by Crippen LogP contribution is 2.28. The van der Waals surface area contributed by atoms with E-state index in [0.717, 1.165) is 82.0 Å². The van der Waals surface area contributed by atoms with Gasteiger partial charge in [-0.2, -0.15) is 0 Å². The van der Waals surface area contributed by atoms with Crippen molar-refractivity contribution in [3.05, 3.63) is 108 Å². The molecular weight excluding hydrogens is 624 g/mol. The topological polar surface area (TPSA) is 102 Å². The molecule has 0 N–H and O–H groups in total. The summed E-state index contributed by atoms with van der Waals surface area (Å²) in [7, 11) is 0. The Labute approximate surface area is 291 Å². The lowest BCUT2D eigenvalue weighted by atomic mass is 10.0. The van der Waals surface area contributed by atoms with Crippen LogP contribution in [0.25, 0.3) is 44.7 Å². The fraction of sp³-hybridized carbons (Fsp3) is 0.300. The third-order valence-electron chi connectivity index (χ3n) is 9.82. The molecule has 2 aliphatic heterocycles. The number of fused-ring (bicyclic) bond motifs is 1. The first-order valence-corrected chi connectivity index (χ1v) is 17.6. The Kier molecular flexibility index (Phi) is 9.11. The predicted octanol–water partition coefficient (Wildman–Crippen LogP) is 5.75. The third-order valence-corrected chi connectivity index (χ3v) is 9.82. The molecule has 0 bridgehead atoms. The van der Waals surface area contributed by atoms with E-state index in [4.69, 9.17) is 0 Å². The largest absolute Gasteiger partial charge is 0.298 e. The lowest BCUT2D eigenvalue weighted by Gasteiger charge is -2.13. The van der Waals surface area contributed by atoms with Crippen LogP contribution in [0.5, 0.6) is 0 Å². The summed E-state index contributed by atoms with van der Waals surface area (Å²) in [6, 6.07) is 28.5. The molecule has 2 aliphatic rings. The van der Waals surface area contributed by atoms with E-state index in [1.807, 2.05) is 60.9 Å². The first-order chi connectivity index (χ1) is 24.5. The summed E-state index contributed by atoms with van der Waals surface area (Å²) in [5, 5.41) is 19.9. The second kappa shape index (κ2) is 14.3. The minimum absolute atomic E-state index is 0.259. The van der Waals surface area contributed by atoms with E-state index in [1.54, 1.807) is 9.36 Å². The fourth-order valence-corrected chi connectivity index (χ4v) is 7.09. The molecular formula is C40H40N8O2. The lowest BCUT2D eigenvalue weighted by molar-refractivity contribution is -0.120. The van der Waals surface area contributed by atoms with Crippen molar-refractivity contribution in [2.75, 3.05) is 39.3 Å². The Morgan fingerprint density at radius 3 is 1.36 bits per heavy atom. The number of nitrogens with zero attached hydrogens (tertiary/aromatic N) is 8. The molecule has 0 spiro atoms. The standard InChI is InChI=1S/C40H40N8O2/c49-37(25-45-17-1-2-18-45)21-29-5-13-35(14-6-29)47-27-39(41-43-47)32-11-9-31-10-12-33(24-34(31)23-32)40-28-48(44-42-40)36-15-7-30(8-16-36)22-38(50)26-46-19-3-4-20-46/h5-16,23-24,27-28H,1-4,17-22,25-26H2. The van der Waals surface area contributed by atoms with Crippen LogP contribution < -0.4 is 0 Å². The molecule has 8 rings (SSSR count). The van der Waals surface area contributed by atoms with Crippen molar-refractivity contribution in [1.29, 1.82) is 0 Å². The zero-order valence-corrected chi connectivity index (χ0v) is 28.1. The molecule has 2 fully saturated rings. The van der Waals surface area contributed by atoms with Gasteiger partial charge in [-0.1, -0.05) is 59.0 Å². The number of Topliss-reactive ketones (excluding diaryl/α,β-unsaturated/α-hetero) is 2. The molecule has 6 aromatic rings. The van der Waals surface area contributed by atoms with Crippen molar-refractivity contribution in [3.8, 4) is 33.9 Å². The Morgan fingerprint density at radius 2 is 0.940 bits per heavy atom. The molecule has 10 nitrogen and oxygen atoms in total. The van der Waals surface area contributed by atoms with E-state index in [2.05, 4.69) is 66.8 Å². The van der Waals surface area contributed by atoms with E-state index in [-0.39, 0.29) is 11.6 Å². The predicted molar refractivity (Wildman–Crippen MR) is 193 cm³/mol. The van der Waals surface area contributed by atoms with E-state index >= 15 is 0 Å². The van der Waals surface area contributed by atoms with Gasteiger partial charge >= 0.3 is 0 Å². The first kappa shape index (κ1) is 31.9. The molecule has 0 unspecified atom stereocenters. The van der Waals surface area contributed by atoms with E-state index < -0.39 is 0 Å². The van der Waals surface area contributed by atoms with Crippen molar-refractivity contribution in [2.45, 2.75) is 38.5 Å². The van der Waals surface area contributed by atoms with Gasteiger partial charge in [0.05, 0.1) is 36.9 Å². The molecule has 50 heavy (non-hydrogen) atoms. The molecule has 4 aromatic carbocycles. The second-order valence-corrected chi connectivity index (χ2v) is 13.6. The lowest BCUT2D eigenvalue weighted by Crippen LogP contribution is -2.27.